The number of nitrogens with one attached hydrogen (secondary N) is 1. The summed E-state index contributed by atoms with van der Waals surface area (Å²) in [5, 5.41) is 11.5. The first-order valence-corrected chi connectivity index (χ1v) is 6.02. The lowest BCUT2D eigenvalue weighted by molar-refractivity contribution is 0.0949. The third-order valence-electron chi connectivity index (χ3n) is 2.32. The smallest absolute Gasteiger partial charge is 0.251 e. The fourth-order valence-corrected chi connectivity index (χ4v) is 1.53. The minimum absolute atomic E-state index is 0.0838. The normalized spacial score (nSPS) is 9.83. The van der Waals surface area contributed by atoms with Crippen LogP contribution in [0.4, 0.5) is 0 Å². The standard InChI is InChI=1S/C15H19NO2/c1-11(2)10-16-15(18)14-8-12(3)7-13(9-14)5-4-6-17/h7-9,11,17H,6,10H2,1-3H3,(H,16,18). The van der Waals surface area contributed by atoms with Crippen LogP contribution in [-0.2, 0) is 0 Å². The maximum Gasteiger partial charge on any atom is 0.251 e. The van der Waals surface area contributed by atoms with Crippen LogP contribution in [0.1, 0.15) is 35.3 Å². The fourth-order valence-electron chi connectivity index (χ4n) is 1.53. The highest BCUT2D eigenvalue weighted by atomic mass is 16.2. The van der Waals surface area contributed by atoms with Crippen LogP contribution in [0.3, 0.4) is 0 Å². The molecule has 0 bridgehead atoms. The second-order valence-electron chi connectivity index (χ2n) is 4.65. The molecule has 1 aromatic carbocycles. The van der Waals surface area contributed by atoms with Crippen molar-refractivity contribution in [2.24, 2.45) is 5.92 Å². The zero-order valence-corrected chi connectivity index (χ0v) is 11.1. The minimum Gasteiger partial charge on any atom is -0.384 e. The lowest BCUT2D eigenvalue weighted by atomic mass is 10.1. The first-order chi connectivity index (χ1) is 8.52. The molecule has 0 aromatic heterocycles. The lowest BCUT2D eigenvalue weighted by Gasteiger charge is -2.08. The van der Waals surface area contributed by atoms with Crippen molar-refractivity contribution in [2.75, 3.05) is 13.2 Å². The second kappa shape index (κ2) is 6.83. The van der Waals surface area contributed by atoms with Crippen molar-refractivity contribution in [2.45, 2.75) is 20.8 Å². The lowest BCUT2D eigenvalue weighted by Crippen LogP contribution is -2.27. The van der Waals surface area contributed by atoms with E-state index in [1.165, 1.54) is 0 Å². The molecule has 1 rings (SSSR count). The highest BCUT2D eigenvalue weighted by Gasteiger charge is 2.07. The number of amides is 1. The Morgan fingerprint density at radius 3 is 2.72 bits per heavy atom. The van der Waals surface area contributed by atoms with E-state index in [0.717, 1.165) is 11.1 Å². The Bertz CT molecular complexity index is 481. The minimum atomic E-state index is -0.178. The van der Waals surface area contributed by atoms with Crippen molar-refractivity contribution in [3.8, 4) is 11.8 Å². The summed E-state index contributed by atoms with van der Waals surface area (Å²) in [6.45, 7) is 6.50. The van der Waals surface area contributed by atoms with E-state index >= 15 is 0 Å². The molecule has 1 amide bonds. The summed E-state index contributed by atoms with van der Waals surface area (Å²) >= 11 is 0. The van der Waals surface area contributed by atoms with Crippen molar-refractivity contribution < 1.29 is 9.90 Å². The number of hydrogen-bond donors (Lipinski definition) is 2. The molecule has 0 unspecified atom stereocenters. The average molecular weight is 245 g/mol. The van der Waals surface area contributed by atoms with Gasteiger partial charge in [-0.25, -0.2) is 0 Å². The topological polar surface area (TPSA) is 49.3 Å². The van der Waals surface area contributed by atoms with Crippen LogP contribution in [0.2, 0.25) is 0 Å². The summed E-state index contributed by atoms with van der Waals surface area (Å²) in [6.07, 6.45) is 0. The van der Waals surface area contributed by atoms with Gasteiger partial charge in [0.2, 0.25) is 0 Å². The summed E-state index contributed by atoms with van der Waals surface area (Å²) in [6, 6.07) is 5.47. The van der Waals surface area contributed by atoms with Gasteiger partial charge in [-0.05, 0) is 36.6 Å². The molecule has 0 saturated heterocycles. The van der Waals surface area contributed by atoms with Crippen molar-refractivity contribution in [1.82, 2.24) is 5.32 Å². The number of rotatable bonds is 3. The number of aliphatic hydroxyl groups is 1. The van der Waals surface area contributed by atoms with E-state index in [1.807, 2.05) is 19.1 Å². The maximum absolute atomic E-state index is 11.9. The van der Waals surface area contributed by atoms with Crippen LogP contribution >= 0.6 is 0 Å². The predicted octanol–water partition coefficient (Wildman–Crippen LogP) is 1.72. The molecule has 3 nitrogen and oxygen atoms in total. The average Bonchev–Trinajstić information content (AvgIpc) is 2.32. The summed E-state index contributed by atoms with van der Waals surface area (Å²) in [5.41, 5.74) is 2.34. The van der Waals surface area contributed by atoms with Crippen LogP contribution in [0.25, 0.3) is 0 Å². The fraction of sp³-hybridized carbons (Fsp3) is 0.400. The van der Waals surface area contributed by atoms with Gasteiger partial charge in [0.05, 0.1) is 0 Å². The summed E-state index contributed by atoms with van der Waals surface area (Å²) < 4.78 is 0. The van der Waals surface area contributed by atoms with Gasteiger partial charge >= 0.3 is 0 Å². The highest BCUT2D eigenvalue weighted by molar-refractivity contribution is 5.94. The molecule has 0 aliphatic carbocycles. The predicted molar refractivity (Wildman–Crippen MR) is 72.3 cm³/mol. The number of hydrogen-bond acceptors (Lipinski definition) is 2. The van der Waals surface area contributed by atoms with E-state index in [-0.39, 0.29) is 12.5 Å². The van der Waals surface area contributed by atoms with Crippen molar-refractivity contribution in [1.29, 1.82) is 0 Å². The number of aryl methyl sites for hydroxylation is 1. The molecule has 18 heavy (non-hydrogen) atoms. The van der Waals surface area contributed by atoms with Gasteiger partial charge in [0.1, 0.15) is 6.61 Å². The van der Waals surface area contributed by atoms with E-state index in [2.05, 4.69) is 31.0 Å². The van der Waals surface area contributed by atoms with Crippen LogP contribution in [0, 0.1) is 24.7 Å². The largest absolute Gasteiger partial charge is 0.384 e. The third-order valence-corrected chi connectivity index (χ3v) is 2.32. The molecule has 0 spiro atoms. The first-order valence-electron chi connectivity index (χ1n) is 6.02. The van der Waals surface area contributed by atoms with Gasteiger partial charge in [-0.1, -0.05) is 25.7 Å². The summed E-state index contributed by atoms with van der Waals surface area (Å²) in [4.78, 5) is 11.9. The maximum atomic E-state index is 11.9. The zero-order chi connectivity index (χ0) is 13.5. The summed E-state index contributed by atoms with van der Waals surface area (Å²) in [7, 11) is 0. The molecule has 0 radical (unpaired) electrons. The van der Waals surface area contributed by atoms with E-state index < -0.39 is 0 Å². The Balaban J connectivity index is 2.88. The van der Waals surface area contributed by atoms with Gasteiger partial charge in [0.25, 0.3) is 5.91 Å². The molecule has 1 aromatic rings. The van der Waals surface area contributed by atoms with E-state index in [4.69, 9.17) is 5.11 Å². The van der Waals surface area contributed by atoms with Gasteiger partial charge in [-0.3, -0.25) is 4.79 Å². The molecule has 2 N–H and O–H groups in total. The molecular formula is C15H19NO2. The Labute approximate surface area is 108 Å². The quantitative estimate of drug-likeness (QED) is 0.797. The molecule has 0 atom stereocenters. The Kier molecular flexibility index (Phi) is 5.41. The number of carbonyl (C=O) groups is 1. The highest BCUT2D eigenvalue weighted by Crippen LogP contribution is 2.09. The van der Waals surface area contributed by atoms with E-state index in [0.29, 0.717) is 18.0 Å². The SMILES string of the molecule is Cc1cc(C#CCO)cc(C(=O)NCC(C)C)c1. The molecular weight excluding hydrogens is 226 g/mol. The third kappa shape index (κ3) is 4.60. The van der Waals surface area contributed by atoms with E-state index in [9.17, 15) is 4.79 Å². The molecule has 0 aliphatic heterocycles. The molecule has 0 aliphatic rings. The van der Waals surface area contributed by atoms with Gasteiger partial charge < -0.3 is 10.4 Å². The number of aliphatic hydroxyl groups excluding tert-OH is 1. The van der Waals surface area contributed by atoms with Crippen LogP contribution in [0.15, 0.2) is 18.2 Å². The molecule has 0 saturated carbocycles. The molecule has 3 heteroatoms. The monoisotopic (exact) mass is 245 g/mol. The first kappa shape index (κ1) is 14.3. The van der Waals surface area contributed by atoms with Gasteiger partial charge in [0.15, 0.2) is 0 Å². The van der Waals surface area contributed by atoms with Crippen LogP contribution < -0.4 is 5.32 Å². The van der Waals surface area contributed by atoms with Gasteiger partial charge in [-0.2, -0.15) is 0 Å². The Morgan fingerprint density at radius 2 is 2.11 bits per heavy atom. The van der Waals surface area contributed by atoms with Crippen molar-refractivity contribution >= 4 is 5.91 Å². The Morgan fingerprint density at radius 1 is 1.39 bits per heavy atom. The Hall–Kier alpha value is -1.79. The van der Waals surface area contributed by atoms with Gasteiger partial charge in [-0.15, -0.1) is 0 Å². The number of benzene rings is 1. The van der Waals surface area contributed by atoms with E-state index in [1.54, 1.807) is 6.07 Å². The zero-order valence-electron chi connectivity index (χ0n) is 11.1. The summed E-state index contributed by atoms with van der Waals surface area (Å²) in [5.74, 6) is 5.74. The van der Waals surface area contributed by atoms with Crippen LogP contribution in [0.5, 0.6) is 0 Å². The van der Waals surface area contributed by atoms with Crippen molar-refractivity contribution in [3.05, 3.63) is 34.9 Å². The second-order valence-corrected chi connectivity index (χ2v) is 4.65. The van der Waals surface area contributed by atoms with Crippen LogP contribution in [-0.4, -0.2) is 24.2 Å². The molecule has 0 fully saturated rings. The molecule has 0 heterocycles. The van der Waals surface area contributed by atoms with Gasteiger partial charge in [0, 0.05) is 17.7 Å². The molecule has 96 valence electrons. The number of carbonyl (C=O) groups excluding carboxylic acids is 1. The van der Waals surface area contributed by atoms with Crippen molar-refractivity contribution in [3.63, 3.8) is 0 Å².